The Hall–Kier alpha value is -0.780. The lowest BCUT2D eigenvalue weighted by molar-refractivity contribution is 0.507. The molecule has 0 heteroatoms. The number of hydrogen-bond donors (Lipinski definition) is 0. The summed E-state index contributed by atoms with van der Waals surface area (Å²) < 4.78 is 0. The zero-order chi connectivity index (χ0) is 15.0. The molecule has 120 valence electrons. The predicted molar refractivity (Wildman–Crippen MR) is 95.9 cm³/mol. The molecule has 2 atom stereocenters. The first-order chi connectivity index (χ1) is 10.9. The minimum Gasteiger partial charge on any atom is -0.0617 e. The molecule has 0 heterocycles. The summed E-state index contributed by atoms with van der Waals surface area (Å²) in [7, 11) is 0. The highest BCUT2D eigenvalue weighted by Gasteiger charge is 2.17. The van der Waals surface area contributed by atoms with Crippen LogP contribution in [0.15, 0.2) is 24.3 Å². The molecule has 0 aromatic heterocycles. The van der Waals surface area contributed by atoms with Crippen molar-refractivity contribution in [1.29, 1.82) is 0 Å². The maximum absolute atomic E-state index is 2.60. The maximum atomic E-state index is 2.60. The Kier molecular flexibility index (Phi) is 6.40. The molecule has 0 aliphatic heterocycles. The predicted octanol–water partition coefficient (Wildman–Crippen LogP) is 6.97. The molecule has 0 nitrogen and oxygen atoms in total. The van der Waals surface area contributed by atoms with Crippen molar-refractivity contribution in [3.05, 3.63) is 48.2 Å². The second kappa shape index (κ2) is 8.75. The Balaban J connectivity index is 1.70. The quantitative estimate of drug-likeness (QED) is 0.552. The standard InChI is InChI=1S/C22H32/c1-3-7-12-19(13-8-4-1)21-16-11-17-22(18-21)20-14-9-5-2-6-10-15-20/h7,11,14,16-20H,1-6,8-10,12-13,15H2. The number of benzene rings is 1. The van der Waals surface area contributed by atoms with Crippen molar-refractivity contribution in [3.63, 3.8) is 0 Å². The summed E-state index contributed by atoms with van der Waals surface area (Å²) in [5.41, 5.74) is 3.19. The topological polar surface area (TPSA) is 0 Å². The van der Waals surface area contributed by atoms with Crippen molar-refractivity contribution in [3.8, 4) is 0 Å². The molecule has 3 rings (SSSR count). The summed E-state index contributed by atoms with van der Waals surface area (Å²) in [6.07, 6.45) is 21.7. The Labute approximate surface area is 137 Å². The molecule has 0 N–H and O–H groups in total. The van der Waals surface area contributed by atoms with E-state index in [4.69, 9.17) is 0 Å². The summed E-state index contributed by atoms with van der Waals surface area (Å²) in [4.78, 5) is 0. The van der Waals surface area contributed by atoms with Crippen molar-refractivity contribution in [1.82, 2.24) is 0 Å². The molecule has 22 heavy (non-hydrogen) atoms. The van der Waals surface area contributed by atoms with Crippen LogP contribution in [0, 0.1) is 12.8 Å². The lowest BCUT2D eigenvalue weighted by Crippen LogP contribution is -2.06. The van der Waals surface area contributed by atoms with Gasteiger partial charge in [0.2, 0.25) is 0 Å². The van der Waals surface area contributed by atoms with E-state index in [0.29, 0.717) is 5.92 Å². The summed E-state index contributed by atoms with van der Waals surface area (Å²) in [6.45, 7) is 0. The van der Waals surface area contributed by atoms with Gasteiger partial charge in [-0.05, 0) is 61.5 Å². The van der Waals surface area contributed by atoms with Crippen LogP contribution in [0.1, 0.15) is 100 Å². The zero-order valence-electron chi connectivity index (χ0n) is 14.1. The highest BCUT2D eigenvalue weighted by Crippen LogP contribution is 2.35. The van der Waals surface area contributed by atoms with E-state index in [1.165, 1.54) is 77.0 Å². The van der Waals surface area contributed by atoms with Crippen LogP contribution in [-0.4, -0.2) is 0 Å². The fourth-order valence-electron chi connectivity index (χ4n) is 4.24. The average Bonchev–Trinajstić information content (AvgIpc) is 2.46. The fraction of sp³-hybridized carbons (Fsp3) is 0.636. The van der Waals surface area contributed by atoms with Crippen LogP contribution in [0.25, 0.3) is 0 Å². The van der Waals surface area contributed by atoms with Gasteiger partial charge in [-0.15, -0.1) is 0 Å². The second-order valence-corrected chi connectivity index (χ2v) is 7.36. The van der Waals surface area contributed by atoms with Gasteiger partial charge < -0.3 is 0 Å². The van der Waals surface area contributed by atoms with Gasteiger partial charge in [-0.25, -0.2) is 0 Å². The highest BCUT2D eigenvalue weighted by molar-refractivity contribution is 5.31. The molecule has 0 spiro atoms. The first kappa shape index (κ1) is 16.1. The molecule has 1 aromatic rings. The van der Waals surface area contributed by atoms with E-state index in [-0.39, 0.29) is 0 Å². The number of rotatable bonds is 2. The largest absolute Gasteiger partial charge is 0.0617 e. The van der Waals surface area contributed by atoms with Crippen LogP contribution < -0.4 is 0 Å². The van der Waals surface area contributed by atoms with Crippen LogP contribution in [-0.2, 0) is 0 Å². The molecule has 1 aromatic carbocycles. The van der Waals surface area contributed by atoms with Crippen molar-refractivity contribution < 1.29 is 0 Å². The SMILES string of the molecule is [CH]1CCCCCC(c2cccc(C3[CH]CCCCCC3)c2)C1. The van der Waals surface area contributed by atoms with E-state index in [1.807, 2.05) is 0 Å². The van der Waals surface area contributed by atoms with E-state index in [1.54, 1.807) is 11.1 Å². The number of hydrogen-bond acceptors (Lipinski definition) is 0. The molecule has 2 radical (unpaired) electrons. The summed E-state index contributed by atoms with van der Waals surface area (Å²) in [6, 6.07) is 9.62. The maximum Gasteiger partial charge on any atom is -0.0131 e. The van der Waals surface area contributed by atoms with Crippen LogP contribution in [0.4, 0.5) is 0 Å². The second-order valence-electron chi connectivity index (χ2n) is 7.36. The molecule has 0 saturated heterocycles. The van der Waals surface area contributed by atoms with Crippen LogP contribution in [0.3, 0.4) is 0 Å². The molecule has 2 aliphatic rings. The molecule has 2 saturated carbocycles. The molecular weight excluding hydrogens is 264 g/mol. The molecule has 0 amide bonds. The third kappa shape index (κ3) is 4.61. The average molecular weight is 296 g/mol. The third-order valence-corrected chi connectivity index (χ3v) is 5.64. The van der Waals surface area contributed by atoms with Gasteiger partial charge >= 0.3 is 0 Å². The van der Waals surface area contributed by atoms with E-state index in [0.717, 1.165) is 5.92 Å². The Bertz CT molecular complexity index is 380. The summed E-state index contributed by atoms with van der Waals surface area (Å²) in [5, 5.41) is 0. The van der Waals surface area contributed by atoms with Crippen molar-refractivity contribution >= 4 is 0 Å². The fourth-order valence-corrected chi connectivity index (χ4v) is 4.24. The summed E-state index contributed by atoms with van der Waals surface area (Å²) in [5.74, 6) is 1.48. The molecule has 2 aliphatic carbocycles. The summed E-state index contributed by atoms with van der Waals surface area (Å²) >= 11 is 0. The van der Waals surface area contributed by atoms with Gasteiger partial charge in [-0.3, -0.25) is 0 Å². The zero-order valence-corrected chi connectivity index (χ0v) is 14.1. The molecular formula is C22H32. The van der Waals surface area contributed by atoms with Gasteiger partial charge in [0.25, 0.3) is 0 Å². The lowest BCUT2D eigenvalue weighted by Gasteiger charge is -2.23. The monoisotopic (exact) mass is 296 g/mol. The van der Waals surface area contributed by atoms with Gasteiger partial charge in [0.1, 0.15) is 0 Å². The van der Waals surface area contributed by atoms with Crippen molar-refractivity contribution in [2.75, 3.05) is 0 Å². The Morgan fingerprint density at radius 2 is 1.50 bits per heavy atom. The Morgan fingerprint density at radius 3 is 2.50 bits per heavy atom. The van der Waals surface area contributed by atoms with E-state index in [9.17, 15) is 0 Å². The van der Waals surface area contributed by atoms with Crippen molar-refractivity contribution in [2.24, 2.45) is 0 Å². The molecule has 2 unspecified atom stereocenters. The highest BCUT2D eigenvalue weighted by atomic mass is 14.2. The van der Waals surface area contributed by atoms with E-state index in [2.05, 4.69) is 37.1 Å². The molecule has 2 fully saturated rings. The van der Waals surface area contributed by atoms with Crippen LogP contribution in [0.5, 0.6) is 0 Å². The van der Waals surface area contributed by atoms with E-state index >= 15 is 0 Å². The van der Waals surface area contributed by atoms with E-state index < -0.39 is 0 Å². The van der Waals surface area contributed by atoms with Gasteiger partial charge in [0, 0.05) is 0 Å². The van der Waals surface area contributed by atoms with Gasteiger partial charge in [-0.1, -0.05) is 75.6 Å². The first-order valence-electron chi connectivity index (χ1n) is 9.68. The first-order valence-corrected chi connectivity index (χ1v) is 9.68. The minimum absolute atomic E-state index is 0.706. The molecule has 0 bridgehead atoms. The van der Waals surface area contributed by atoms with Crippen LogP contribution in [0.2, 0.25) is 0 Å². The minimum atomic E-state index is 0.706. The van der Waals surface area contributed by atoms with Gasteiger partial charge in [-0.2, -0.15) is 0 Å². The lowest BCUT2D eigenvalue weighted by atomic mass is 9.82. The Morgan fingerprint density at radius 1 is 0.727 bits per heavy atom. The van der Waals surface area contributed by atoms with Gasteiger partial charge in [0.15, 0.2) is 0 Å². The van der Waals surface area contributed by atoms with Crippen molar-refractivity contribution in [2.45, 2.75) is 88.9 Å². The third-order valence-electron chi connectivity index (χ3n) is 5.64. The normalized spacial score (nSPS) is 23.3. The van der Waals surface area contributed by atoms with Crippen LogP contribution >= 0.6 is 0 Å². The van der Waals surface area contributed by atoms with Gasteiger partial charge in [0.05, 0.1) is 0 Å². The smallest absolute Gasteiger partial charge is 0.0131 e.